The van der Waals surface area contributed by atoms with Gasteiger partial charge in [0.25, 0.3) is 5.91 Å². The van der Waals surface area contributed by atoms with E-state index in [-0.39, 0.29) is 18.4 Å². The molecule has 0 radical (unpaired) electrons. The van der Waals surface area contributed by atoms with Crippen molar-refractivity contribution in [2.45, 2.75) is 39.5 Å². The number of carbonyl (C=O) groups excluding carboxylic acids is 2. The third-order valence-corrected chi connectivity index (χ3v) is 3.82. The van der Waals surface area contributed by atoms with Gasteiger partial charge in [-0.2, -0.15) is 0 Å². The minimum absolute atomic E-state index is 0.0378. The monoisotopic (exact) mass is 354 g/mol. The third kappa shape index (κ3) is 6.24. The van der Waals surface area contributed by atoms with Gasteiger partial charge in [-0.3, -0.25) is 9.59 Å². The van der Waals surface area contributed by atoms with Crippen LogP contribution in [-0.2, 0) is 9.59 Å². The maximum Gasteiger partial charge on any atom is 0.262 e. The zero-order valence-corrected chi connectivity index (χ0v) is 15.5. The number of amides is 2. The van der Waals surface area contributed by atoms with Crippen molar-refractivity contribution < 1.29 is 14.3 Å². The van der Waals surface area contributed by atoms with Gasteiger partial charge in [0.2, 0.25) is 5.91 Å². The van der Waals surface area contributed by atoms with E-state index in [1.807, 2.05) is 31.2 Å². The SMILES string of the molecule is CCCC(=O)Nc1cccc(NC(=O)COc2ccc(C(C)C)cc2)c1. The second kappa shape index (κ2) is 9.61. The number of nitrogens with one attached hydrogen (secondary N) is 2. The summed E-state index contributed by atoms with van der Waals surface area (Å²) in [7, 11) is 0. The number of carbonyl (C=O) groups is 2. The Kier molecular flexibility index (Phi) is 7.21. The zero-order valence-electron chi connectivity index (χ0n) is 15.5. The first kappa shape index (κ1) is 19.5. The van der Waals surface area contributed by atoms with Crippen molar-refractivity contribution in [3.63, 3.8) is 0 Å². The molecule has 0 fully saturated rings. The number of benzene rings is 2. The summed E-state index contributed by atoms with van der Waals surface area (Å²) in [4.78, 5) is 23.7. The number of hydrogen-bond donors (Lipinski definition) is 2. The van der Waals surface area contributed by atoms with Crippen LogP contribution < -0.4 is 15.4 Å². The Morgan fingerprint density at radius 1 is 0.962 bits per heavy atom. The molecule has 0 spiro atoms. The van der Waals surface area contributed by atoms with E-state index in [4.69, 9.17) is 4.74 Å². The largest absolute Gasteiger partial charge is 0.484 e. The molecule has 2 rings (SSSR count). The molecule has 0 aliphatic heterocycles. The Bertz CT molecular complexity index is 739. The summed E-state index contributed by atoms with van der Waals surface area (Å²) in [5.41, 5.74) is 2.50. The maximum absolute atomic E-state index is 12.1. The lowest BCUT2D eigenvalue weighted by atomic mass is 10.0. The molecule has 0 saturated heterocycles. The van der Waals surface area contributed by atoms with E-state index in [2.05, 4.69) is 24.5 Å². The summed E-state index contributed by atoms with van der Waals surface area (Å²) >= 11 is 0. The van der Waals surface area contributed by atoms with Crippen LogP contribution in [0.5, 0.6) is 5.75 Å². The van der Waals surface area contributed by atoms with Gasteiger partial charge in [0.15, 0.2) is 6.61 Å². The molecule has 5 heteroatoms. The third-order valence-electron chi connectivity index (χ3n) is 3.82. The van der Waals surface area contributed by atoms with Crippen LogP contribution in [0, 0.1) is 0 Å². The number of ether oxygens (including phenoxy) is 1. The van der Waals surface area contributed by atoms with Gasteiger partial charge in [-0.15, -0.1) is 0 Å². The Hall–Kier alpha value is -2.82. The van der Waals surface area contributed by atoms with E-state index in [0.717, 1.165) is 6.42 Å². The van der Waals surface area contributed by atoms with Crippen molar-refractivity contribution >= 4 is 23.2 Å². The smallest absolute Gasteiger partial charge is 0.262 e. The lowest BCUT2D eigenvalue weighted by molar-refractivity contribution is -0.118. The van der Waals surface area contributed by atoms with Gasteiger partial charge in [-0.05, 0) is 48.2 Å². The van der Waals surface area contributed by atoms with Crippen LogP contribution in [0.2, 0.25) is 0 Å². The lowest BCUT2D eigenvalue weighted by Gasteiger charge is -2.10. The molecule has 138 valence electrons. The standard InChI is InChI=1S/C21H26N2O3/c1-4-6-20(24)22-17-7-5-8-18(13-17)23-21(25)14-26-19-11-9-16(10-12-19)15(2)3/h5,7-13,15H,4,6,14H2,1-3H3,(H,22,24)(H,23,25). The van der Waals surface area contributed by atoms with Gasteiger partial charge in [-0.1, -0.05) is 39.0 Å². The predicted octanol–water partition coefficient (Wildman–Crippen LogP) is 4.57. The molecule has 2 amide bonds. The molecule has 0 aliphatic carbocycles. The zero-order chi connectivity index (χ0) is 18.9. The summed E-state index contributed by atoms with van der Waals surface area (Å²) in [5.74, 6) is 0.821. The van der Waals surface area contributed by atoms with E-state index < -0.39 is 0 Å². The maximum atomic E-state index is 12.1. The Balaban J connectivity index is 1.86. The van der Waals surface area contributed by atoms with Crippen LogP contribution >= 0.6 is 0 Å². The van der Waals surface area contributed by atoms with Crippen molar-refractivity contribution in [2.75, 3.05) is 17.2 Å². The average molecular weight is 354 g/mol. The lowest BCUT2D eigenvalue weighted by Crippen LogP contribution is -2.20. The molecule has 2 N–H and O–H groups in total. The van der Waals surface area contributed by atoms with Crippen molar-refractivity contribution in [1.29, 1.82) is 0 Å². The summed E-state index contributed by atoms with van der Waals surface area (Å²) < 4.78 is 5.52. The first-order chi connectivity index (χ1) is 12.5. The number of anilines is 2. The van der Waals surface area contributed by atoms with E-state index in [1.54, 1.807) is 24.3 Å². The fraction of sp³-hybridized carbons (Fsp3) is 0.333. The van der Waals surface area contributed by atoms with Crippen molar-refractivity contribution in [1.82, 2.24) is 0 Å². The molecule has 26 heavy (non-hydrogen) atoms. The minimum Gasteiger partial charge on any atom is -0.484 e. The molecule has 5 nitrogen and oxygen atoms in total. The van der Waals surface area contributed by atoms with Crippen LogP contribution in [-0.4, -0.2) is 18.4 Å². The highest BCUT2D eigenvalue weighted by Crippen LogP contribution is 2.19. The van der Waals surface area contributed by atoms with E-state index in [9.17, 15) is 9.59 Å². The normalized spacial score (nSPS) is 10.5. The predicted molar refractivity (Wildman–Crippen MR) is 105 cm³/mol. The highest BCUT2D eigenvalue weighted by atomic mass is 16.5. The number of hydrogen-bond acceptors (Lipinski definition) is 3. The molecule has 0 unspecified atom stereocenters. The quantitative estimate of drug-likeness (QED) is 0.730. The fourth-order valence-electron chi connectivity index (χ4n) is 2.42. The first-order valence-corrected chi connectivity index (χ1v) is 8.90. The summed E-state index contributed by atoms with van der Waals surface area (Å²) in [6.45, 7) is 6.13. The molecule has 0 aliphatic rings. The summed E-state index contributed by atoms with van der Waals surface area (Å²) in [6.07, 6.45) is 1.26. The average Bonchev–Trinajstić information content (AvgIpc) is 2.61. The van der Waals surface area contributed by atoms with Crippen molar-refractivity contribution in [3.05, 3.63) is 54.1 Å². The molecule has 2 aromatic carbocycles. The Morgan fingerprint density at radius 2 is 1.58 bits per heavy atom. The van der Waals surface area contributed by atoms with E-state index in [0.29, 0.717) is 29.5 Å². The molecule has 2 aromatic rings. The molecular weight excluding hydrogens is 328 g/mol. The molecule has 0 bridgehead atoms. The van der Waals surface area contributed by atoms with Crippen molar-refractivity contribution in [3.8, 4) is 5.75 Å². The van der Waals surface area contributed by atoms with Crippen LogP contribution in [0.15, 0.2) is 48.5 Å². The minimum atomic E-state index is -0.255. The van der Waals surface area contributed by atoms with Crippen LogP contribution in [0.25, 0.3) is 0 Å². The molecule has 0 atom stereocenters. The van der Waals surface area contributed by atoms with Gasteiger partial charge in [0.1, 0.15) is 5.75 Å². The highest BCUT2D eigenvalue weighted by Gasteiger charge is 2.06. The van der Waals surface area contributed by atoms with Gasteiger partial charge >= 0.3 is 0 Å². The van der Waals surface area contributed by atoms with Gasteiger partial charge in [0, 0.05) is 17.8 Å². The van der Waals surface area contributed by atoms with Gasteiger partial charge < -0.3 is 15.4 Å². The molecular formula is C21H26N2O3. The van der Waals surface area contributed by atoms with Crippen LogP contribution in [0.1, 0.15) is 45.1 Å². The highest BCUT2D eigenvalue weighted by molar-refractivity contribution is 5.94. The molecule has 0 aromatic heterocycles. The van der Waals surface area contributed by atoms with Gasteiger partial charge in [0.05, 0.1) is 0 Å². The topological polar surface area (TPSA) is 67.4 Å². The van der Waals surface area contributed by atoms with Crippen molar-refractivity contribution in [2.24, 2.45) is 0 Å². The van der Waals surface area contributed by atoms with Crippen LogP contribution in [0.3, 0.4) is 0 Å². The Morgan fingerprint density at radius 3 is 2.15 bits per heavy atom. The number of rotatable bonds is 8. The first-order valence-electron chi connectivity index (χ1n) is 8.90. The van der Waals surface area contributed by atoms with E-state index >= 15 is 0 Å². The van der Waals surface area contributed by atoms with E-state index in [1.165, 1.54) is 5.56 Å². The second-order valence-electron chi connectivity index (χ2n) is 6.44. The van der Waals surface area contributed by atoms with Gasteiger partial charge in [-0.25, -0.2) is 0 Å². The summed E-state index contributed by atoms with van der Waals surface area (Å²) in [6, 6.07) is 14.8. The van der Waals surface area contributed by atoms with Crippen LogP contribution in [0.4, 0.5) is 11.4 Å². The molecule has 0 heterocycles. The molecule has 0 saturated carbocycles. The fourth-order valence-corrected chi connectivity index (χ4v) is 2.42. The second-order valence-corrected chi connectivity index (χ2v) is 6.44. The summed E-state index contributed by atoms with van der Waals surface area (Å²) in [5, 5.41) is 5.58. The Labute approximate surface area is 154 Å².